The minimum Gasteiger partial charge on any atom is -0.497 e. The third kappa shape index (κ3) is 8.83. The van der Waals surface area contributed by atoms with Crippen LogP contribution in [0.2, 0.25) is 0 Å². The van der Waals surface area contributed by atoms with Gasteiger partial charge < -0.3 is 15.0 Å². The number of unbranched alkanes of at least 4 members (excludes halogenated alkanes) is 1. The molecule has 232 valence electrons. The summed E-state index contributed by atoms with van der Waals surface area (Å²) in [4.78, 5) is 29.1. The molecule has 8 nitrogen and oxygen atoms in total. The zero-order chi connectivity index (χ0) is 31.6. The van der Waals surface area contributed by atoms with Crippen LogP contribution < -0.4 is 14.4 Å². The van der Waals surface area contributed by atoms with Crippen molar-refractivity contribution in [3.63, 3.8) is 0 Å². The number of aryl methyl sites for hydroxylation is 1. The summed E-state index contributed by atoms with van der Waals surface area (Å²) in [6, 6.07) is 20.3. The number of rotatable bonds is 15. The molecule has 3 rings (SSSR count). The second-order valence-electron chi connectivity index (χ2n) is 11.0. The number of anilines is 1. The van der Waals surface area contributed by atoms with Gasteiger partial charge in [-0.05, 0) is 73.2 Å². The second kappa shape index (κ2) is 15.6. The van der Waals surface area contributed by atoms with Crippen LogP contribution in [0.25, 0.3) is 0 Å². The van der Waals surface area contributed by atoms with E-state index in [0.717, 1.165) is 33.8 Å². The normalized spacial score (nSPS) is 12.1. The van der Waals surface area contributed by atoms with E-state index in [1.54, 1.807) is 55.6 Å². The van der Waals surface area contributed by atoms with Gasteiger partial charge in [-0.3, -0.25) is 13.9 Å². The Labute approximate surface area is 257 Å². The summed E-state index contributed by atoms with van der Waals surface area (Å²) in [5.41, 5.74) is 3.15. The van der Waals surface area contributed by atoms with E-state index in [-0.39, 0.29) is 23.3 Å². The van der Waals surface area contributed by atoms with Crippen LogP contribution in [0.3, 0.4) is 0 Å². The standard InChI is InChI=1S/C34H45N3O5S/c1-7-9-22-35-34(39)32(8-2)36(23-27-12-18-30(42-6)19-13-27)33(38)24-37(29-16-14-28(15-17-29)25(3)4)43(40,41)31-20-10-26(5)11-21-31/h10-21,25,32H,7-9,22-24H2,1-6H3,(H,35,39). The summed E-state index contributed by atoms with van der Waals surface area (Å²) in [5, 5.41) is 2.95. The SMILES string of the molecule is CCCCNC(=O)C(CC)N(Cc1ccc(OC)cc1)C(=O)CN(c1ccc(C(C)C)cc1)S(=O)(=O)c1ccc(C)cc1. The maximum Gasteiger partial charge on any atom is 0.264 e. The van der Waals surface area contributed by atoms with Crippen molar-refractivity contribution in [2.45, 2.75) is 77.3 Å². The van der Waals surface area contributed by atoms with Gasteiger partial charge in [0.1, 0.15) is 18.3 Å². The molecule has 1 N–H and O–H groups in total. The Kier molecular flexibility index (Phi) is 12.2. The summed E-state index contributed by atoms with van der Waals surface area (Å²) in [7, 11) is -2.54. The van der Waals surface area contributed by atoms with Crippen molar-refractivity contribution in [2.24, 2.45) is 0 Å². The lowest BCUT2D eigenvalue weighted by Gasteiger charge is -2.33. The van der Waals surface area contributed by atoms with Crippen molar-refractivity contribution >= 4 is 27.5 Å². The summed E-state index contributed by atoms with van der Waals surface area (Å²) in [6.07, 6.45) is 2.12. The summed E-state index contributed by atoms with van der Waals surface area (Å²) in [5.74, 6) is 0.199. The molecule has 43 heavy (non-hydrogen) atoms. The van der Waals surface area contributed by atoms with Crippen LogP contribution in [0.4, 0.5) is 5.69 Å². The lowest BCUT2D eigenvalue weighted by atomic mass is 10.0. The third-order valence-corrected chi connectivity index (χ3v) is 9.25. The predicted molar refractivity (Wildman–Crippen MR) is 172 cm³/mol. The van der Waals surface area contributed by atoms with Gasteiger partial charge in [-0.2, -0.15) is 0 Å². The molecule has 2 amide bonds. The largest absolute Gasteiger partial charge is 0.497 e. The van der Waals surface area contributed by atoms with E-state index in [4.69, 9.17) is 4.74 Å². The maximum atomic E-state index is 14.2. The summed E-state index contributed by atoms with van der Waals surface area (Å²) >= 11 is 0. The first-order valence-corrected chi connectivity index (χ1v) is 16.3. The topological polar surface area (TPSA) is 96.0 Å². The van der Waals surface area contributed by atoms with Crippen molar-refractivity contribution in [1.29, 1.82) is 0 Å². The van der Waals surface area contributed by atoms with Gasteiger partial charge >= 0.3 is 0 Å². The van der Waals surface area contributed by atoms with Gasteiger partial charge in [0.05, 0.1) is 17.7 Å². The highest BCUT2D eigenvalue weighted by Crippen LogP contribution is 2.27. The molecule has 1 unspecified atom stereocenters. The van der Waals surface area contributed by atoms with Gasteiger partial charge in [-0.15, -0.1) is 0 Å². The molecule has 3 aromatic carbocycles. The lowest BCUT2D eigenvalue weighted by molar-refractivity contribution is -0.140. The number of carbonyl (C=O) groups is 2. The van der Waals surface area contributed by atoms with Gasteiger partial charge in [-0.25, -0.2) is 8.42 Å². The Hall–Kier alpha value is -3.85. The highest BCUT2D eigenvalue weighted by Gasteiger charge is 2.33. The number of carbonyl (C=O) groups excluding carboxylic acids is 2. The molecule has 0 bridgehead atoms. The van der Waals surface area contributed by atoms with Crippen molar-refractivity contribution in [3.05, 3.63) is 89.5 Å². The number of hydrogen-bond acceptors (Lipinski definition) is 5. The Balaban J connectivity index is 2.04. The van der Waals surface area contributed by atoms with E-state index in [9.17, 15) is 18.0 Å². The van der Waals surface area contributed by atoms with Crippen LogP contribution in [0.5, 0.6) is 5.75 Å². The molecule has 0 spiro atoms. The monoisotopic (exact) mass is 607 g/mol. The number of ether oxygens (including phenoxy) is 1. The average molecular weight is 608 g/mol. The van der Waals surface area contributed by atoms with E-state index in [1.807, 2.05) is 45.0 Å². The zero-order valence-electron chi connectivity index (χ0n) is 26.2. The van der Waals surface area contributed by atoms with Gasteiger partial charge in [0.15, 0.2) is 0 Å². The molecule has 0 aliphatic heterocycles. The number of hydrogen-bond donors (Lipinski definition) is 1. The Bertz CT molecular complexity index is 1440. The number of amides is 2. The predicted octanol–water partition coefficient (Wildman–Crippen LogP) is 6.05. The fraction of sp³-hybridized carbons (Fsp3) is 0.412. The number of sulfonamides is 1. The van der Waals surface area contributed by atoms with Crippen LogP contribution in [-0.2, 0) is 26.2 Å². The molecule has 1 atom stereocenters. The minimum absolute atomic E-state index is 0.0879. The second-order valence-corrected chi connectivity index (χ2v) is 12.9. The molecule has 0 aliphatic carbocycles. The van der Waals surface area contributed by atoms with Crippen molar-refractivity contribution in [1.82, 2.24) is 10.2 Å². The highest BCUT2D eigenvalue weighted by atomic mass is 32.2. The number of nitrogens with one attached hydrogen (secondary N) is 1. The van der Waals surface area contributed by atoms with E-state index >= 15 is 0 Å². The molecular formula is C34H45N3O5S. The molecule has 0 saturated carbocycles. The molecule has 0 saturated heterocycles. The quantitative estimate of drug-likeness (QED) is 0.212. The van der Waals surface area contributed by atoms with E-state index in [2.05, 4.69) is 19.2 Å². The third-order valence-electron chi connectivity index (χ3n) is 7.46. The van der Waals surface area contributed by atoms with Gasteiger partial charge in [0.2, 0.25) is 11.8 Å². The number of nitrogens with zero attached hydrogens (tertiary/aromatic N) is 2. The van der Waals surface area contributed by atoms with Gasteiger partial charge in [0.25, 0.3) is 10.0 Å². The molecule has 0 aliphatic rings. The Morgan fingerprint density at radius 2 is 1.53 bits per heavy atom. The number of benzene rings is 3. The van der Waals surface area contributed by atoms with Gasteiger partial charge in [-0.1, -0.05) is 76.1 Å². The molecule has 0 aromatic heterocycles. The van der Waals surface area contributed by atoms with E-state index in [0.29, 0.717) is 24.4 Å². The fourth-order valence-electron chi connectivity index (χ4n) is 4.75. The molecule has 0 heterocycles. The lowest BCUT2D eigenvalue weighted by Crippen LogP contribution is -2.52. The minimum atomic E-state index is -4.12. The van der Waals surface area contributed by atoms with Crippen LogP contribution in [0.1, 0.15) is 69.6 Å². The first-order chi connectivity index (χ1) is 20.5. The molecule has 3 aromatic rings. The van der Waals surface area contributed by atoms with E-state index in [1.165, 1.54) is 4.90 Å². The summed E-state index contributed by atoms with van der Waals surface area (Å²) in [6.45, 7) is 10.1. The first kappa shape index (κ1) is 33.6. The first-order valence-electron chi connectivity index (χ1n) is 14.9. The van der Waals surface area contributed by atoms with Crippen molar-refractivity contribution in [3.8, 4) is 5.75 Å². The maximum absolute atomic E-state index is 14.2. The Morgan fingerprint density at radius 1 is 0.907 bits per heavy atom. The van der Waals surface area contributed by atoms with E-state index < -0.39 is 28.5 Å². The molecule has 0 fully saturated rings. The molecule has 9 heteroatoms. The number of methoxy groups -OCH3 is 1. The zero-order valence-corrected chi connectivity index (χ0v) is 27.0. The average Bonchev–Trinajstić information content (AvgIpc) is 3.00. The van der Waals surface area contributed by atoms with Crippen LogP contribution in [-0.4, -0.2) is 51.4 Å². The van der Waals surface area contributed by atoms with Crippen LogP contribution >= 0.6 is 0 Å². The molecular weight excluding hydrogens is 562 g/mol. The fourth-order valence-corrected chi connectivity index (χ4v) is 6.16. The smallest absolute Gasteiger partial charge is 0.264 e. The van der Waals surface area contributed by atoms with Crippen LogP contribution in [0, 0.1) is 6.92 Å². The van der Waals surface area contributed by atoms with Crippen molar-refractivity contribution in [2.75, 3.05) is 24.5 Å². The van der Waals surface area contributed by atoms with Crippen LogP contribution in [0.15, 0.2) is 77.7 Å². The van der Waals surface area contributed by atoms with Gasteiger partial charge in [0, 0.05) is 13.1 Å². The molecule has 0 radical (unpaired) electrons. The highest BCUT2D eigenvalue weighted by molar-refractivity contribution is 7.92. The Morgan fingerprint density at radius 3 is 2.07 bits per heavy atom. The summed E-state index contributed by atoms with van der Waals surface area (Å²) < 4.78 is 34.5. The van der Waals surface area contributed by atoms with Crippen molar-refractivity contribution < 1.29 is 22.7 Å².